The van der Waals surface area contributed by atoms with Crippen LogP contribution < -0.4 is 0 Å². The van der Waals surface area contributed by atoms with Crippen LogP contribution in [-0.2, 0) is 42.8 Å². The van der Waals surface area contributed by atoms with Crippen LogP contribution in [0.15, 0.2) is 0 Å². The first kappa shape index (κ1) is 27.3. The maximum Gasteiger partial charge on any atom is 0.303 e. The lowest BCUT2D eigenvalue weighted by molar-refractivity contribution is -0.296. The number of carbonyl (C=O) groups excluding carboxylic acids is 3. The minimum absolute atomic E-state index is 0.00599. The van der Waals surface area contributed by atoms with Crippen molar-refractivity contribution in [3.63, 3.8) is 0 Å². The number of methoxy groups -OCH3 is 1. The lowest BCUT2D eigenvalue weighted by Gasteiger charge is -2.55. The van der Waals surface area contributed by atoms with E-state index in [0.29, 0.717) is 6.42 Å². The van der Waals surface area contributed by atoms with E-state index in [-0.39, 0.29) is 41.8 Å². The summed E-state index contributed by atoms with van der Waals surface area (Å²) in [6.07, 6.45) is -0.344. The molecule has 1 aliphatic carbocycles. The van der Waals surface area contributed by atoms with E-state index in [1.54, 1.807) is 14.0 Å². The Kier molecular flexibility index (Phi) is 7.01. The van der Waals surface area contributed by atoms with Crippen LogP contribution in [0.3, 0.4) is 0 Å². The van der Waals surface area contributed by atoms with E-state index in [2.05, 4.69) is 27.7 Å². The van der Waals surface area contributed by atoms with Crippen molar-refractivity contribution < 1.29 is 42.8 Å². The van der Waals surface area contributed by atoms with Crippen LogP contribution in [0.4, 0.5) is 0 Å². The molecule has 0 aromatic carbocycles. The number of ether oxygens (including phenoxy) is 6. The van der Waals surface area contributed by atoms with E-state index in [9.17, 15) is 14.4 Å². The lowest BCUT2D eigenvalue weighted by atomic mass is 9.55. The van der Waals surface area contributed by atoms with Crippen LogP contribution in [0.2, 0.25) is 0 Å². The second-order valence-corrected chi connectivity index (χ2v) is 12.0. The lowest BCUT2D eigenvalue weighted by Crippen LogP contribution is -2.69. The van der Waals surface area contributed by atoms with Gasteiger partial charge in [-0.1, -0.05) is 20.8 Å². The quantitative estimate of drug-likeness (QED) is 0.406. The first-order valence-electron chi connectivity index (χ1n) is 13.1. The molecule has 4 bridgehead atoms. The van der Waals surface area contributed by atoms with Gasteiger partial charge in [0.2, 0.25) is 0 Å². The van der Waals surface area contributed by atoms with Crippen molar-refractivity contribution in [2.45, 2.75) is 116 Å². The zero-order valence-electron chi connectivity index (χ0n) is 23.0. The van der Waals surface area contributed by atoms with Crippen molar-refractivity contribution in [3.8, 4) is 0 Å². The molecule has 0 amide bonds. The Morgan fingerprint density at radius 1 is 0.972 bits per heavy atom. The molecule has 3 aliphatic heterocycles. The summed E-state index contributed by atoms with van der Waals surface area (Å²) in [6, 6.07) is 0. The first-order valence-corrected chi connectivity index (χ1v) is 13.1. The summed E-state index contributed by atoms with van der Waals surface area (Å²) in [5.74, 6) is -2.92. The van der Waals surface area contributed by atoms with E-state index in [1.807, 2.05) is 0 Å². The summed E-state index contributed by atoms with van der Waals surface area (Å²) >= 11 is 0. The Balaban J connectivity index is 1.93. The van der Waals surface area contributed by atoms with Crippen molar-refractivity contribution in [2.75, 3.05) is 7.11 Å². The Bertz CT molecular complexity index is 904. The second kappa shape index (κ2) is 9.24. The molecule has 4 aliphatic rings. The summed E-state index contributed by atoms with van der Waals surface area (Å²) in [4.78, 5) is 37.2. The predicted molar refractivity (Wildman–Crippen MR) is 127 cm³/mol. The molecule has 0 aromatic rings. The molecule has 3 saturated heterocycles. The van der Waals surface area contributed by atoms with Gasteiger partial charge >= 0.3 is 17.9 Å². The molecule has 0 radical (unpaired) electrons. The number of hydrogen-bond donors (Lipinski definition) is 0. The molecule has 4 fully saturated rings. The minimum Gasteiger partial charge on any atom is -0.458 e. The number of rotatable bonds is 5. The highest BCUT2D eigenvalue weighted by atomic mass is 16.7. The van der Waals surface area contributed by atoms with Crippen LogP contribution in [0.5, 0.6) is 0 Å². The molecule has 36 heavy (non-hydrogen) atoms. The number of esters is 3. The van der Waals surface area contributed by atoms with E-state index in [1.165, 1.54) is 20.8 Å². The Morgan fingerprint density at radius 2 is 1.61 bits per heavy atom. The van der Waals surface area contributed by atoms with Crippen molar-refractivity contribution in [3.05, 3.63) is 0 Å². The highest BCUT2D eigenvalue weighted by Gasteiger charge is 2.73. The van der Waals surface area contributed by atoms with Crippen molar-refractivity contribution in [1.29, 1.82) is 0 Å². The largest absolute Gasteiger partial charge is 0.458 e. The van der Waals surface area contributed by atoms with Gasteiger partial charge < -0.3 is 28.4 Å². The topological polar surface area (TPSA) is 107 Å². The molecular weight excluding hydrogens is 468 g/mol. The third-order valence-corrected chi connectivity index (χ3v) is 9.22. The molecule has 11 atom stereocenters. The average Bonchev–Trinajstić information content (AvgIpc) is 3.31. The van der Waals surface area contributed by atoms with E-state index >= 15 is 0 Å². The Labute approximate surface area is 213 Å². The summed E-state index contributed by atoms with van der Waals surface area (Å²) < 4.78 is 37.5. The fraction of sp³-hybridized carbons (Fsp3) is 0.889. The Hall–Kier alpha value is -1.71. The zero-order valence-corrected chi connectivity index (χ0v) is 23.0. The minimum atomic E-state index is -1.28. The van der Waals surface area contributed by atoms with Gasteiger partial charge in [0.1, 0.15) is 6.10 Å². The molecule has 204 valence electrons. The highest BCUT2D eigenvalue weighted by Crippen LogP contribution is 2.62. The van der Waals surface area contributed by atoms with Gasteiger partial charge in [-0.15, -0.1) is 0 Å². The van der Waals surface area contributed by atoms with Gasteiger partial charge in [0.25, 0.3) is 0 Å². The summed E-state index contributed by atoms with van der Waals surface area (Å²) in [5.41, 5.74) is -1.94. The fourth-order valence-corrected chi connectivity index (χ4v) is 7.98. The van der Waals surface area contributed by atoms with Gasteiger partial charge in [0.05, 0.1) is 17.8 Å². The molecule has 0 N–H and O–H groups in total. The third-order valence-electron chi connectivity index (χ3n) is 9.22. The average molecular weight is 511 g/mol. The van der Waals surface area contributed by atoms with Gasteiger partial charge in [-0.25, -0.2) is 0 Å². The van der Waals surface area contributed by atoms with Crippen LogP contribution in [-0.4, -0.2) is 66.4 Å². The number of carbonyl (C=O) groups is 3. The molecule has 0 unspecified atom stereocenters. The van der Waals surface area contributed by atoms with Crippen LogP contribution >= 0.6 is 0 Å². The highest BCUT2D eigenvalue weighted by molar-refractivity contribution is 5.69. The monoisotopic (exact) mass is 510 g/mol. The maximum absolute atomic E-state index is 12.5. The molecule has 3 heterocycles. The SMILES string of the molecule is CO[C@@]12CC[C@@](C)(O1)[C@H]1O[C@@H](C[C@@H]2C)[C@H]2[C@@H]1[C@H](C(C)C)[C@@H](OC(C)=O)[C@@H](OC(C)=O)[C@]2(C)OC(C)=O. The zero-order chi connectivity index (χ0) is 26.8. The number of hydrogen-bond acceptors (Lipinski definition) is 9. The van der Waals surface area contributed by atoms with E-state index < -0.39 is 47.1 Å². The maximum atomic E-state index is 12.5. The van der Waals surface area contributed by atoms with Gasteiger partial charge in [-0.2, -0.15) is 0 Å². The van der Waals surface area contributed by atoms with Crippen LogP contribution in [0.25, 0.3) is 0 Å². The molecule has 9 heteroatoms. The smallest absolute Gasteiger partial charge is 0.303 e. The van der Waals surface area contributed by atoms with E-state index in [0.717, 1.165) is 12.8 Å². The third kappa shape index (κ3) is 4.15. The molecule has 1 saturated carbocycles. The van der Waals surface area contributed by atoms with Gasteiger partial charge in [-0.3, -0.25) is 14.4 Å². The molecule has 0 spiro atoms. The van der Waals surface area contributed by atoms with Crippen LogP contribution in [0, 0.1) is 29.6 Å². The summed E-state index contributed by atoms with van der Waals surface area (Å²) in [6.45, 7) is 14.1. The van der Waals surface area contributed by atoms with Crippen molar-refractivity contribution in [1.82, 2.24) is 0 Å². The van der Waals surface area contributed by atoms with Crippen molar-refractivity contribution >= 4 is 17.9 Å². The summed E-state index contributed by atoms with van der Waals surface area (Å²) in [5, 5.41) is 0. The standard InChI is InChI=1S/C27H42O9/c1-13(2)19-20-21(18-12-14(3)27(31-9)11-10-25(7,36-27)23(20)34-18)26(8,35-17(6)30)24(33-16(5)29)22(19)32-15(4)28/h13-14,18-24H,10-12H2,1-9H3/t14-,18-,19-,20-,21-,22+,23-,24+,25+,26+,27-/m0/s1. The van der Waals surface area contributed by atoms with Gasteiger partial charge in [0, 0.05) is 58.0 Å². The molecule has 9 nitrogen and oxygen atoms in total. The van der Waals surface area contributed by atoms with Crippen molar-refractivity contribution in [2.24, 2.45) is 29.6 Å². The molecular formula is C27H42O9. The molecule has 4 rings (SSSR count). The summed E-state index contributed by atoms with van der Waals surface area (Å²) in [7, 11) is 1.69. The Morgan fingerprint density at radius 3 is 2.14 bits per heavy atom. The number of fused-ring (bicyclic) bond motifs is 8. The molecule has 0 aromatic heterocycles. The van der Waals surface area contributed by atoms with Crippen LogP contribution in [0.1, 0.15) is 74.7 Å². The van der Waals surface area contributed by atoms with Gasteiger partial charge in [0.15, 0.2) is 17.5 Å². The van der Waals surface area contributed by atoms with Gasteiger partial charge in [-0.05, 0) is 32.6 Å². The first-order chi connectivity index (χ1) is 16.7. The second-order valence-electron chi connectivity index (χ2n) is 12.0. The van der Waals surface area contributed by atoms with E-state index in [4.69, 9.17) is 28.4 Å². The predicted octanol–water partition coefficient (Wildman–Crippen LogP) is 3.41. The fourth-order valence-electron chi connectivity index (χ4n) is 7.98. The normalized spacial score (nSPS) is 47.5.